The van der Waals surface area contributed by atoms with Crippen LogP contribution in [0.25, 0.3) is 0 Å². The monoisotopic (exact) mass is 427 g/mol. The number of halogens is 1. The molecular weight excluding hydrogens is 406 g/mol. The van der Waals surface area contributed by atoms with Crippen molar-refractivity contribution in [3.05, 3.63) is 63.2 Å². The highest BCUT2D eigenvalue weighted by molar-refractivity contribution is 6.30. The lowest BCUT2D eigenvalue weighted by Crippen LogP contribution is -2.30. The molecule has 8 heteroatoms. The minimum Gasteiger partial charge on any atom is -0.375 e. The van der Waals surface area contributed by atoms with Crippen LogP contribution in [0.2, 0.25) is 5.02 Å². The largest absolute Gasteiger partial charge is 0.375 e. The Morgan fingerprint density at radius 3 is 2.63 bits per heavy atom. The van der Waals surface area contributed by atoms with Crippen LogP contribution < -0.4 is 10.2 Å². The molecule has 0 radical (unpaired) electrons. The first-order chi connectivity index (χ1) is 14.3. The van der Waals surface area contributed by atoms with Gasteiger partial charge >= 0.3 is 0 Å². The molecule has 0 aromatic heterocycles. The van der Waals surface area contributed by atoms with Gasteiger partial charge in [0.25, 0.3) is 5.69 Å². The zero-order chi connectivity index (χ0) is 21.4. The van der Waals surface area contributed by atoms with Crippen molar-refractivity contribution >= 4 is 40.5 Å². The van der Waals surface area contributed by atoms with Crippen molar-refractivity contribution in [3.8, 4) is 0 Å². The first-order valence-electron chi connectivity index (χ1n) is 9.99. The molecule has 0 spiro atoms. The van der Waals surface area contributed by atoms with Crippen LogP contribution in [-0.4, -0.2) is 16.7 Å². The molecule has 1 saturated carbocycles. The van der Waals surface area contributed by atoms with E-state index in [-0.39, 0.29) is 35.0 Å². The fourth-order valence-electron chi connectivity index (χ4n) is 4.45. The number of carbonyl (C=O) groups is 2. The van der Waals surface area contributed by atoms with Crippen LogP contribution in [0.1, 0.15) is 31.7 Å². The van der Waals surface area contributed by atoms with Crippen LogP contribution in [0.3, 0.4) is 0 Å². The smallest absolute Gasteiger partial charge is 0.294 e. The van der Waals surface area contributed by atoms with E-state index in [1.165, 1.54) is 6.07 Å². The van der Waals surface area contributed by atoms with Crippen molar-refractivity contribution in [2.75, 3.05) is 10.2 Å². The van der Waals surface area contributed by atoms with E-state index >= 15 is 0 Å². The average molecular weight is 428 g/mol. The average Bonchev–Trinajstić information content (AvgIpc) is 2.96. The summed E-state index contributed by atoms with van der Waals surface area (Å²) in [5, 5.41) is 15.3. The first kappa shape index (κ1) is 20.3. The lowest BCUT2D eigenvalue weighted by atomic mass is 9.76. The predicted molar refractivity (Wildman–Crippen MR) is 114 cm³/mol. The Morgan fingerprint density at radius 1 is 1.13 bits per heavy atom. The summed E-state index contributed by atoms with van der Waals surface area (Å²) < 4.78 is 0. The maximum atomic E-state index is 12.9. The molecule has 2 fully saturated rings. The van der Waals surface area contributed by atoms with Crippen molar-refractivity contribution < 1.29 is 14.5 Å². The summed E-state index contributed by atoms with van der Waals surface area (Å²) in [6.45, 7) is 2.44. The summed E-state index contributed by atoms with van der Waals surface area (Å²) in [5.41, 5.74) is 1.27. The Morgan fingerprint density at radius 2 is 1.90 bits per heavy atom. The second-order valence-electron chi connectivity index (χ2n) is 8.09. The normalized spacial score (nSPS) is 23.4. The fourth-order valence-corrected chi connectivity index (χ4v) is 4.66. The summed E-state index contributed by atoms with van der Waals surface area (Å²) in [5.74, 6) is -0.721. The number of rotatable bonds is 5. The van der Waals surface area contributed by atoms with Gasteiger partial charge in [-0.15, -0.1) is 0 Å². The van der Waals surface area contributed by atoms with Gasteiger partial charge in [-0.25, -0.2) is 4.90 Å². The number of nitro groups is 1. The highest BCUT2D eigenvalue weighted by Gasteiger charge is 2.50. The van der Waals surface area contributed by atoms with Crippen molar-refractivity contribution in [2.24, 2.45) is 17.8 Å². The number of nitrogens with zero attached hydrogens (tertiary/aromatic N) is 2. The van der Waals surface area contributed by atoms with Crippen LogP contribution in [-0.2, 0) is 16.1 Å². The van der Waals surface area contributed by atoms with E-state index in [0.717, 1.165) is 16.9 Å². The number of nitrogens with one attached hydrogen (secondary N) is 1. The lowest BCUT2D eigenvalue weighted by Gasteiger charge is -2.25. The van der Waals surface area contributed by atoms with E-state index in [4.69, 9.17) is 11.6 Å². The molecule has 2 amide bonds. The maximum Gasteiger partial charge on any atom is 0.294 e. The second kappa shape index (κ2) is 8.07. The second-order valence-corrected chi connectivity index (χ2v) is 8.52. The Kier molecular flexibility index (Phi) is 5.47. The number of fused-ring (bicyclic) bond motifs is 1. The Hall–Kier alpha value is -2.93. The fraction of sp³-hybridized carbons (Fsp3) is 0.364. The molecule has 2 aromatic carbocycles. The molecule has 1 heterocycles. The van der Waals surface area contributed by atoms with Gasteiger partial charge in [0, 0.05) is 17.6 Å². The van der Waals surface area contributed by atoms with Gasteiger partial charge in [-0.3, -0.25) is 19.7 Å². The molecular formula is C22H22ClN3O4. The lowest BCUT2D eigenvalue weighted by molar-refractivity contribution is -0.383. The van der Waals surface area contributed by atoms with Crippen LogP contribution in [0.5, 0.6) is 0 Å². The Balaban J connectivity index is 1.59. The third kappa shape index (κ3) is 3.77. The minimum absolute atomic E-state index is 0.182. The molecule has 30 heavy (non-hydrogen) atoms. The predicted octanol–water partition coefficient (Wildman–Crippen LogP) is 4.79. The molecule has 1 N–H and O–H groups in total. The quantitative estimate of drug-likeness (QED) is 0.421. The molecule has 1 aliphatic heterocycles. The number of imide groups is 1. The standard InChI is InChI=1S/C22H22ClN3O4/c1-13-5-7-17-18(9-13)22(28)25(21(17)27)16-6-8-19(20(11-16)26(29)30)24-12-14-3-2-4-15(23)10-14/h2-4,6,8,10-11,13,17-18,24H,5,7,9,12H2,1H3/t13-,17-,18+/m1/s1. The van der Waals surface area contributed by atoms with Crippen LogP contribution in [0.15, 0.2) is 42.5 Å². The van der Waals surface area contributed by atoms with Gasteiger partial charge in [0.2, 0.25) is 11.8 Å². The van der Waals surface area contributed by atoms with Gasteiger partial charge in [-0.05, 0) is 55.0 Å². The highest BCUT2D eigenvalue weighted by atomic mass is 35.5. The third-order valence-corrected chi connectivity index (χ3v) is 6.23. The molecule has 2 aliphatic rings. The number of amides is 2. The van der Waals surface area contributed by atoms with Crippen molar-refractivity contribution in [3.63, 3.8) is 0 Å². The molecule has 3 atom stereocenters. The first-order valence-corrected chi connectivity index (χ1v) is 10.4. The zero-order valence-corrected chi connectivity index (χ0v) is 17.3. The van der Waals surface area contributed by atoms with Gasteiger partial charge in [0.15, 0.2) is 0 Å². The van der Waals surface area contributed by atoms with Gasteiger partial charge in [-0.2, -0.15) is 0 Å². The number of benzene rings is 2. The molecule has 4 rings (SSSR count). The third-order valence-electron chi connectivity index (χ3n) is 6.00. The summed E-state index contributed by atoms with van der Waals surface area (Å²) in [4.78, 5) is 38.1. The number of anilines is 2. The number of nitro benzene ring substituents is 1. The van der Waals surface area contributed by atoms with Gasteiger partial charge < -0.3 is 5.32 Å². The summed E-state index contributed by atoms with van der Waals surface area (Å²) in [6.07, 6.45) is 2.29. The highest BCUT2D eigenvalue weighted by Crippen LogP contribution is 2.43. The van der Waals surface area contributed by atoms with Gasteiger partial charge in [-0.1, -0.05) is 30.7 Å². The minimum atomic E-state index is -0.510. The summed E-state index contributed by atoms with van der Waals surface area (Å²) >= 11 is 5.98. The summed E-state index contributed by atoms with van der Waals surface area (Å²) in [6, 6.07) is 11.6. The molecule has 1 aliphatic carbocycles. The van der Waals surface area contributed by atoms with Crippen molar-refractivity contribution in [1.29, 1.82) is 0 Å². The van der Waals surface area contributed by atoms with Crippen LogP contribution >= 0.6 is 11.6 Å². The number of hydrogen-bond donors (Lipinski definition) is 1. The van der Waals surface area contributed by atoms with E-state index in [9.17, 15) is 19.7 Å². The number of carbonyl (C=O) groups excluding carboxylic acids is 2. The molecule has 7 nitrogen and oxygen atoms in total. The molecule has 156 valence electrons. The van der Waals surface area contributed by atoms with Gasteiger partial charge in [0.1, 0.15) is 5.69 Å². The topological polar surface area (TPSA) is 92.6 Å². The van der Waals surface area contributed by atoms with Crippen molar-refractivity contribution in [1.82, 2.24) is 0 Å². The SMILES string of the molecule is C[C@@H]1CC[C@H]2C(=O)N(c3ccc(NCc4cccc(Cl)c4)c([N+](=O)[O-])c3)C(=O)[C@H]2C1. The van der Waals surface area contributed by atoms with E-state index < -0.39 is 4.92 Å². The molecule has 2 aromatic rings. The van der Waals surface area contributed by atoms with E-state index in [1.807, 2.05) is 12.1 Å². The molecule has 0 bridgehead atoms. The maximum absolute atomic E-state index is 12.9. The van der Waals surface area contributed by atoms with Crippen molar-refractivity contribution in [2.45, 2.75) is 32.7 Å². The van der Waals surface area contributed by atoms with E-state index in [0.29, 0.717) is 36.0 Å². The number of hydrogen-bond acceptors (Lipinski definition) is 5. The summed E-state index contributed by atoms with van der Waals surface area (Å²) in [7, 11) is 0. The molecule has 1 saturated heterocycles. The Bertz CT molecular complexity index is 1030. The van der Waals surface area contributed by atoms with Gasteiger partial charge in [0.05, 0.1) is 22.4 Å². The van der Waals surface area contributed by atoms with Crippen LogP contribution in [0.4, 0.5) is 17.1 Å². The zero-order valence-electron chi connectivity index (χ0n) is 16.5. The Labute approximate surface area is 179 Å². The van der Waals surface area contributed by atoms with Crippen LogP contribution in [0, 0.1) is 27.9 Å². The van der Waals surface area contributed by atoms with E-state index in [2.05, 4.69) is 12.2 Å². The van der Waals surface area contributed by atoms with E-state index in [1.54, 1.807) is 24.3 Å². The molecule has 0 unspecified atom stereocenters.